The fourth-order valence-electron chi connectivity index (χ4n) is 2.51. The summed E-state index contributed by atoms with van der Waals surface area (Å²) in [6.07, 6.45) is 0.203. The van der Waals surface area contributed by atoms with Crippen LogP contribution in [0.4, 0.5) is 0 Å². The van der Waals surface area contributed by atoms with Gasteiger partial charge in [0.1, 0.15) is 5.75 Å². The minimum atomic E-state index is -0.445. The third-order valence-electron chi connectivity index (χ3n) is 4.35. The standard InChI is InChI=1S/C22H29NO2S/c1-5-21(25-20-11-8-17(3)18(4)14-20)22(24)23-12-13-26-15-19-9-6-16(2)7-10-19/h6-11,14,21H,5,12-13,15H2,1-4H3,(H,23,24). The van der Waals surface area contributed by atoms with Gasteiger partial charge in [-0.25, -0.2) is 0 Å². The minimum absolute atomic E-state index is 0.0401. The largest absolute Gasteiger partial charge is 0.481 e. The summed E-state index contributed by atoms with van der Waals surface area (Å²) in [6.45, 7) is 8.84. The average Bonchev–Trinajstić information content (AvgIpc) is 2.63. The van der Waals surface area contributed by atoms with E-state index in [0.717, 1.165) is 17.3 Å². The van der Waals surface area contributed by atoms with E-state index in [2.05, 4.69) is 50.4 Å². The zero-order valence-corrected chi connectivity index (χ0v) is 17.0. The van der Waals surface area contributed by atoms with E-state index in [1.54, 1.807) is 0 Å². The molecule has 4 heteroatoms. The zero-order chi connectivity index (χ0) is 18.9. The van der Waals surface area contributed by atoms with Crippen molar-refractivity contribution in [3.05, 3.63) is 64.7 Å². The zero-order valence-electron chi connectivity index (χ0n) is 16.2. The van der Waals surface area contributed by atoms with Crippen LogP contribution in [-0.2, 0) is 10.5 Å². The molecule has 1 unspecified atom stereocenters. The van der Waals surface area contributed by atoms with Crippen LogP contribution in [0.5, 0.6) is 5.75 Å². The number of carbonyl (C=O) groups is 1. The van der Waals surface area contributed by atoms with E-state index in [4.69, 9.17) is 4.74 Å². The van der Waals surface area contributed by atoms with E-state index < -0.39 is 6.10 Å². The first-order valence-electron chi connectivity index (χ1n) is 9.14. The van der Waals surface area contributed by atoms with Gasteiger partial charge in [0.05, 0.1) is 0 Å². The number of thioether (sulfide) groups is 1. The molecule has 2 rings (SSSR count). The van der Waals surface area contributed by atoms with Crippen molar-refractivity contribution in [2.45, 2.75) is 46.0 Å². The Morgan fingerprint density at radius 2 is 1.81 bits per heavy atom. The first-order valence-corrected chi connectivity index (χ1v) is 10.3. The topological polar surface area (TPSA) is 38.3 Å². The summed E-state index contributed by atoms with van der Waals surface area (Å²) in [5, 5.41) is 2.99. The summed E-state index contributed by atoms with van der Waals surface area (Å²) < 4.78 is 5.88. The molecule has 0 aliphatic carbocycles. The molecule has 1 amide bonds. The summed E-state index contributed by atoms with van der Waals surface area (Å²) >= 11 is 1.83. The third kappa shape index (κ3) is 6.41. The Hall–Kier alpha value is -1.94. The molecule has 0 fully saturated rings. The van der Waals surface area contributed by atoms with Crippen molar-refractivity contribution in [3.63, 3.8) is 0 Å². The second kappa shape index (κ2) is 10.3. The SMILES string of the molecule is CCC(Oc1ccc(C)c(C)c1)C(=O)NCCSCc1ccc(C)cc1. The molecule has 26 heavy (non-hydrogen) atoms. The first kappa shape index (κ1) is 20.4. The van der Waals surface area contributed by atoms with Crippen molar-refractivity contribution in [1.82, 2.24) is 5.32 Å². The lowest BCUT2D eigenvalue weighted by Gasteiger charge is -2.18. The molecule has 2 aromatic carbocycles. The number of hydrogen-bond acceptors (Lipinski definition) is 3. The lowest BCUT2D eigenvalue weighted by atomic mass is 10.1. The van der Waals surface area contributed by atoms with Gasteiger partial charge < -0.3 is 10.1 Å². The Balaban J connectivity index is 1.72. The molecule has 0 heterocycles. The molecule has 140 valence electrons. The van der Waals surface area contributed by atoms with E-state index in [-0.39, 0.29) is 5.91 Å². The second-order valence-electron chi connectivity index (χ2n) is 6.59. The third-order valence-corrected chi connectivity index (χ3v) is 5.39. The quantitative estimate of drug-likeness (QED) is 0.642. The number of benzene rings is 2. The average molecular weight is 372 g/mol. The molecule has 0 radical (unpaired) electrons. The summed E-state index contributed by atoms with van der Waals surface area (Å²) in [4.78, 5) is 12.4. The first-order chi connectivity index (χ1) is 12.5. The monoisotopic (exact) mass is 371 g/mol. The van der Waals surface area contributed by atoms with E-state index in [1.807, 2.05) is 36.9 Å². The molecule has 0 saturated carbocycles. The van der Waals surface area contributed by atoms with Crippen LogP contribution in [0, 0.1) is 20.8 Å². The van der Waals surface area contributed by atoms with Crippen LogP contribution < -0.4 is 10.1 Å². The summed E-state index contributed by atoms with van der Waals surface area (Å²) in [5.41, 5.74) is 4.99. The minimum Gasteiger partial charge on any atom is -0.481 e. The maximum Gasteiger partial charge on any atom is 0.261 e. The van der Waals surface area contributed by atoms with Crippen molar-refractivity contribution in [2.24, 2.45) is 0 Å². The molecule has 3 nitrogen and oxygen atoms in total. The van der Waals surface area contributed by atoms with Crippen molar-refractivity contribution in [1.29, 1.82) is 0 Å². The molecule has 0 aliphatic rings. The molecule has 0 spiro atoms. The van der Waals surface area contributed by atoms with Gasteiger partial charge in [0, 0.05) is 18.1 Å². The maximum atomic E-state index is 12.4. The predicted molar refractivity (Wildman–Crippen MR) is 111 cm³/mol. The van der Waals surface area contributed by atoms with E-state index in [9.17, 15) is 4.79 Å². The molecule has 0 aliphatic heterocycles. The molecule has 0 aromatic heterocycles. The predicted octanol–water partition coefficient (Wildman–Crippen LogP) is 4.82. The van der Waals surface area contributed by atoms with Gasteiger partial charge in [0.25, 0.3) is 5.91 Å². The molecule has 2 aromatic rings. The number of ether oxygens (including phenoxy) is 1. The van der Waals surface area contributed by atoms with Crippen LogP contribution in [-0.4, -0.2) is 24.3 Å². The molecule has 1 N–H and O–H groups in total. The highest BCUT2D eigenvalue weighted by molar-refractivity contribution is 7.98. The van der Waals surface area contributed by atoms with Gasteiger partial charge in [-0.05, 0) is 56.0 Å². The Labute approximate surface area is 161 Å². The summed E-state index contributed by atoms with van der Waals surface area (Å²) in [5.74, 6) is 2.57. The molecular weight excluding hydrogens is 342 g/mol. The smallest absolute Gasteiger partial charge is 0.261 e. The fourth-order valence-corrected chi connectivity index (χ4v) is 3.33. The number of rotatable bonds is 9. The van der Waals surface area contributed by atoms with Crippen molar-refractivity contribution >= 4 is 17.7 Å². The Morgan fingerprint density at radius 3 is 2.46 bits per heavy atom. The molecule has 0 bridgehead atoms. The lowest BCUT2D eigenvalue weighted by molar-refractivity contribution is -0.127. The van der Waals surface area contributed by atoms with Crippen molar-refractivity contribution < 1.29 is 9.53 Å². The highest BCUT2D eigenvalue weighted by Gasteiger charge is 2.18. The normalized spacial score (nSPS) is 11.8. The molecular formula is C22H29NO2S. The van der Waals surface area contributed by atoms with Gasteiger partial charge in [-0.1, -0.05) is 42.8 Å². The number of carbonyl (C=O) groups excluding carboxylic acids is 1. The highest BCUT2D eigenvalue weighted by atomic mass is 32.2. The molecule has 1 atom stereocenters. The second-order valence-corrected chi connectivity index (χ2v) is 7.70. The Bertz CT molecular complexity index is 713. The van der Waals surface area contributed by atoms with Crippen LogP contribution in [0.2, 0.25) is 0 Å². The van der Waals surface area contributed by atoms with Gasteiger partial charge in [0.2, 0.25) is 0 Å². The van der Waals surface area contributed by atoms with Crippen LogP contribution in [0.1, 0.15) is 35.6 Å². The number of amides is 1. The van der Waals surface area contributed by atoms with E-state index in [1.165, 1.54) is 22.3 Å². The summed E-state index contributed by atoms with van der Waals surface area (Å²) in [7, 11) is 0. The number of hydrogen-bond donors (Lipinski definition) is 1. The van der Waals surface area contributed by atoms with Crippen LogP contribution in [0.15, 0.2) is 42.5 Å². The van der Waals surface area contributed by atoms with E-state index >= 15 is 0 Å². The van der Waals surface area contributed by atoms with Gasteiger partial charge in [-0.15, -0.1) is 0 Å². The van der Waals surface area contributed by atoms with Gasteiger partial charge in [-0.3, -0.25) is 4.79 Å². The Kier molecular flexibility index (Phi) is 8.05. The van der Waals surface area contributed by atoms with Crippen LogP contribution in [0.25, 0.3) is 0 Å². The van der Waals surface area contributed by atoms with Gasteiger partial charge in [-0.2, -0.15) is 11.8 Å². The van der Waals surface area contributed by atoms with Crippen molar-refractivity contribution in [3.8, 4) is 5.75 Å². The highest BCUT2D eigenvalue weighted by Crippen LogP contribution is 2.18. The fraction of sp³-hybridized carbons (Fsp3) is 0.409. The summed E-state index contributed by atoms with van der Waals surface area (Å²) in [6, 6.07) is 14.5. The van der Waals surface area contributed by atoms with Gasteiger partial charge >= 0.3 is 0 Å². The molecule has 0 saturated heterocycles. The number of nitrogens with one attached hydrogen (secondary N) is 1. The van der Waals surface area contributed by atoms with E-state index in [0.29, 0.717) is 13.0 Å². The van der Waals surface area contributed by atoms with Crippen molar-refractivity contribution in [2.75, 3.05) is 12.3 Å². The van der Waals surface area contributed by atoms with Crippen LogP contribution in [0.3, 0.4) is 0 Å². The maximum absolute atomic E-state index is 12.4. The van der Waals surface area contributed by atoms with Crippen LogP contribution >= 0.6 is 11.8 Å². The Morgan fingerprint density at radius 1 is 1.08 bits per heavy atom. The number of aryl methyl sites for hydroxylation is 3. The lowest BCUT2D eigenvalue weighted by Crippen LogP contribution is -2.39. The van der Waals surface area contributed by atoms with Gasteiger partial charge in [0.15, 0.2) is 6.10 Å².